The summed E-state index contributed by atoms with van der Waals surface area (Å²) in [7, 11) is 0. The fourth-order valence-electron chi connectivity index (χ4n) is 4.28. The molecule has 1 aliphatic rings. The molecule has 0 radical (unpaired) electrons. The molecule has 0 bridgehead atoms. The van der Waals surface area contributed by atoms with E-state index in [2.05, 4.69) is 18.0 Å². The summed E-state index contributed by atoms with van der Waals surface area (Å²) in [5.74, 6) is -1.22. The van der Waals surface area contributed by atoms with Crippen LogP contribution in [0.5, 0.6) is 0 Å². The Bertz CT molecular complexity index is 1370. The van der Waals surface area contributed by atoms with E-state index in [1.807, 2.05) is 91.0 Å². The number of nitrogens with one attached hydrogen (secondary N) is 1. The number of allylic oxidation sites excluding steroid dienone is 2. The maximum atomic E-state index is 13.6. The second kappa shape index (κ2) is 12.6. The molecule has 1 heterocycles. The summed E-state index contributed by atoms with van der Waals surface area (Å²) in [5, 5.41) is 14.0. The molecule has 1 aliphatic heterocycles. The number of benzene rings is 3. The minimum Gasteiger partial charge on any atom is -0.458 e. The number of anilines is 2. The van der Waals surface area contributed by atoms with Crippen LogP contribution in [-0.4, -0.2) is 24.2 Å². The number of carbonyl (C=O) groups excluding carboxylic acids is 2. The first kappa shape index (κ1) is 26.5. The van der Waals surface area contributed by atoms with Crippen molar-refractivity contribution in [3.8, 4) is 6.07 Å². The van der Waals surface area contributed by atoms with E-state index in [-0.39, 0.29) is 18.3 Å². The van der Waals surface area contributed by atoms with Crippen LogP contribution in [0.4, 0.5) is 11.4 Å². The minimum absolute atomic E-state index is 0.0631. The van der Waals surface area contributed by atoms with Crippen LogP contribution in [0.1, 0.15) is 18.4 Å². The fourth-order valence-corrected chi connectivity index (χ4v) is 5.22. The van der Waals surface area contributed by atoms with Gasteiger partial charge in [0.15, 0.2) is 0 Å². The molecular formula is C31H27N3O3S. The number of dihydropyridines is 1. The Hall–Kier alpha value is -4.54. The Morgan fingerprint density at radius 2 is 1.55 bits per heavy atom. The van der Waals surface area contributed by atoms with Crippen LogP contribution in [0.25, 0.3) is 0 Å². The number of amides is 1. The average Bonchev–Trinajstić information content (AvgIpc) is 2.96. The number of rotatable bonds is 9. The van der Waals surface area contributed by atoms with Crippen LogP contribution in [0.3, 0.4) is 0 Å². The van der Waals surface area contributed by atoms with Crippen LogP contribution in [0.2, 0.25) is 0 Å². The van der Waals surface area contributed by atoms with Gasteiger partial charge in [0.1, 0.15) is 6.61 Å². The summed E-state index contributed by atoms with van der Waals surface area (Å²) in [6, 6.07) is 30.5. The lowest BCUT2D eigenvalue weighted by Crippen LogP contribution is -2.31. The van der Waals surface area contributed by atoms with Crippen molar-refractivity contribution < 1.29 is 14.3 Å². The molecule has 38 heavy (non-hydrogen) atoms. The Kier molecular flexibility index (Phi) is 8.81. The van der Waals surface area contributed by atoms with E-state index in [0.717, 1.165) is 16.9 Å². The largest absolute Gasteiger partial charge is 0.458 e. The zero-order valence-corrected chi connectivity index (χ0v) is 21.8. The van der Waals surface area contributed by atoms with Gasteiger partial charge in [-0.05, 0) is 36.8 Å². The van der Waals surface area contributed by atoms with Crippen molar-refractivity contribution in [3.63, 3.8) is 0 Å². The summed E-state index contributed by atoms with van der Waals surface area (Å²) >= 11 is 1.24. The highest BCUT2D eigenvalue weighted by atomic mass is 32.2. The Morgan fingerprint density at radius 3 is 2.08 bits per heavy atom. The number of hydrogen-bond donors (Lipinski definition) is 1. The molecule has 3 aromatic rings. The molecule has 0 fully saturated rings. The molecule has 0 aliphatic carbocycles. The van der Waals surface area contributed by atoms with Crippen molar-refractivity contribution in [2.24, 2.45) is 0 Å². The van der Waals surface area contributed by atoms with Crippen molar-refractivity contribution in [2.75, 3.05) is 17.3 Å². The average molecular weight is 522 g/mol. The lowest BCUT2D eigenvalue weighted by Gasteiger charge is -2.29. The molecular weight excluding hydrogens is 494 g/mol. The van der Waals surface area contributed by atoms with Crippen molar-refractivity contribution in [3.05, 3.63) is 131 Å². The van der Waals surface area contributed by atoms with Gasteiger partial charge in [-0.1, -0.05) is 91.1 Å². The molecule has 0 spiro atoms. The summed E-state index contributed by atoms with van der Waals surface area (Å²) in [6.45, 7) is 5.44. The van der Waals surface area contributed by atoms with Gasteiger partial charge in [-0.25, -0.2) is 4.79 Å². The second-order valence-corrected chi connectivity index (χ2v) is 9.42. The summed E-state index contributed by atoms with van der Waals surface area (Å²) in [5.41, 5.74) is 3.58. The Morgan fingerprint density at radius 1 is 1.00 bits per heavy atom. The SMILES string of the molecule is C=CCOC(=O)C1=C(C)NC(SCC(=O)N(c2ccccc2)c2ccccc2)=C(C#N)C1c1ccccc1. The van der Waals surface area contributed by atoms with Gasteiger partial charge in [0.2, 0.25) is 5.91 Å². The second-order valence-electron chi connectivity index (χ2n) is 8.44. The number of carbonyl (C=O) groups is 2. The molecule has 6 nitrogen and oxygen atoms in total. The minimum atomic E-state index is -0.628. The number of nitrogens with zero attached hydrogens (tertiary/aromatic N) is 2. The van der Waals surface area contributed by atoms with Crippen LogP contribution >= 0.6 is 11.8 Å². The predicted molar refractivity (Wildman–Crippen MR) is 151 cm³/mol. The number of nitriles is 1. The smallest absolute Gasteiger partial charge is 0.337 e. The highest BCUT2D eigenvalue weighted by Gasteiger charge is 2.35. The van der Waals surface area contributed by atoms with Crippen molar-refractivity contribution in [2.45, 2.75) is 12.8 Å². The standard InChI is InChI=1S/C31H27N3O3S/c1-3-19-37-31(36)28-22(2)33-30(26(20-32)29(28)23-13-7-4-8-14-23)38-21-27(35)34(24-15-9-5-10-16-24)25-17-11-6-12-18-25/h3-18,29,33H,1,19,21H2,2H3. The van der Waals surface area contributed by atoms with Gasteiger partial charge in [-0.2, -0.15) is 5.26 Å². The molecule has 1 N–H and O–H groups in total. The van der Waals surface area contributed by atoms with Gasteiger partial charge in [0.25, 0.3) is 0 Å². The molecule has 0 saturated heterocycles. The summed E-state index contributed by atoms with van der Waals surface area (Å²) in [6.07, 6.45) is 1.50. The quantitative estimate of drug-likeness (QED) is 0.266. The first-order chi connectivity index (χ1) is 18.5. The monoisotopic (exact) mass is 521 g/mol. The normalized spacial score (nSPS) is 14.8. The molecule has 4 rings (SSSR count). The number of hydrogen-bond acceptors (Lipinski definition) is 6. The number of thioether (sulfide) groups is 1. The van der Waals surface area contributed by atoms with Gasteiger partial charge < -0.3 is 10.1 Å². The number of esters is 1. The first-order valence-electron chi connectivity index (χ1n) is 12.1. The molecule has 1 atom stereocenters. The van der Waals surface area contributed by atoms with E-state index >= 15 is 0 Å². The highest BCUT2D eigenvalue weighted by Crippen LogP contribution is 2.41. The van der Waals surface area contributed by atoms with E-state index in [1.165, 1.54) is 17.8 Å². The van der Waals surface area contributed by atoms with Crippen LogP contribution in [-0.2, 0) is 14.3 Å². The third-order valence-electron chi connectivity index (χ3n) is 5.95. The molecule has 0 aromatic heterocycles. The van der Waals surface area contributed by atoms with E-state index in [4.69, 9.17) is 4.74 Å². The van der Waals surface area contributed by atoms with Crippen LogP contribution < -0.4 is 10.2 Å². The molecule has 1 unspecified atom stereocenters. The molecule has 0 saturated carbocycles. The third kappa shape index (κ3) is 5.88. The molecule has 190 valence electrons. The predicted octanol–water partition coefficient (Wildman–Crippen LogP) is 6.21. The maximum Gasteiger partial charge on any atom is 0.337 e. The molecule has 3 aromatic carbocycles. The maximum absolute atomic E-state index is 13.6. The summed E-state index contributed by atoms with van der Waals surface area (Å²) in [4.78, 5) is 28.3. The van der Waals surface area contributed by atoms with E-state index in [9.17, 15) is 14.9 Å². The number of ether oxygens (including phenoxy) is 1. The van der Waals surface area contributed by atoms with Gasteiger partial charge in [0, 0.05) is 17.1 Å². The lowest BCUT2D eigenvalue weighted by molar-refractivity contribution is -0.138. The van der Waals surface area contributed by atoms with Crippen molar-refractivity contribution in [1.82, 2.24) is 5.32 Å². The van der Waals surface area contributed by atoms with Gasteiger partial charge >= 0.3 is 5.97 Å². The zero-order chi connectivity index (χ0) is 26.9. The van der Waals surface area contributed by atoms with Gasteiger partial charge in [0.05, 0.1) is 33.9 Å². The van der Waals surface area contributed by atoms with Gasteiger partial charge in [-0.15, -0.1) is 0 Å². The van der Waals surface area contributed by atoms with Crippen LogP contribution in [0.15, 0.2) is 126 Å². The summed E-state index contributed by atoms with van der Waals surface area (Å²) < 4.78 is 5.35. The molecule has 1 amide bonds. The van der Waals surface area contributed by atoms with Crippen molar-refractivity contribution in [1.29, 1.82) is 5.26 Å². The lowest BCUT2D eigenvalue weighted by atomic mass is 9.82. The molecule has 7 heteroatoms. The topological polar surface area (TPSA) is 82.4 Å². The number of para-hydroxylation sites is 2. The van der Waals surface area contributed by atoms with E-state index in [1.54, 1.807) is 11.8 Å². The third-order valence-corrected chi connectivity index (χ3v) is 6.95. The zero-order valence-electron chi connectivity index (χ0n) is 21.0. The van der Waals surface area contributed by atoms with Crippen molar-refractivity contribution >= 4 is 35.0 Å². The Labute approximate surface area is 226 Å². The Balaban J connectivity index is 1.66. The first-order valence-corrected chi connectivity index (χ1v) is 13.0. The fraction of sp³-hybridized carbons (Fsp3) is 0.129. The van der Waals surface area contributed by atoms with Gasteiger partial charge in [-0.3, -0.25) is 9.69 Å². The van der Waals surface area contributed by atoms with Crippen LogP contribution in [0, 0.1) is 11.3 Å². The van der Waals surface area contributed by atoms with E-state index < -0.39 is 11.9 Å². The highest BCUT2D eigenvalue weighted by molar-refractivity contribution is 8.03. The van der Waals surface area contributed by atoms with E-state index in [0.29, 0.717) is 21.9 Å².